The molecule has 0 aromatic heterocycles. The van der Waals surface area contributed by atoms with E-state index in [4.69, 9.17) is 0 Å². The molecule has 0 bridgehead atoms. The van der Waals surface area contributed by atoms with Gasteiger partial charge in [0.15, 0.2) is 0 Å². The molecular weight excluding hydrogens is 214 g/mol. The standard InChI is InChI=1S/C14H19NO2/c1-4-6-7-12-8-13(11(3)5-2)10-14(9-12)15(16)17/h5,8-11H,2,4,6-7H2,1,3H3. The van der Waals surface area contributed by atoms with E-state index in [0.29, 0.717) is 0 Å². The van der Waals surface area contributed by atoms with Gasteiger partial charge in [0.25, 0.3) is 5.69 Å². The zero-order valence-corrected chi connectivity index (χ0v) is 10.5. The largest absolute Gasteiger partial charge is 0.269 e. The van der Waals surface area contributed by atoms with Crippen LogP contribution in [0.4, 0.5) is 5.69 Å². The van der Waals surface area contributed by atoms with Crippen LogP contribution in [0.15, 0.2) is 30.9 Å². The van der Waals surface area contributed by atoms with Crippen molar-refractivity contribution < 1.29 is 4.92 Å². The summed E-state index contributed by atoms with van der Waals surface area (Å²) in [5.74, 6) is 0.148. The molecule has 92 valence electrons. The highest BCUT2D eigenvalue weighted by molar-refractivity contribution is 5.41. The van der Waals surface area contributed by atoms with Crippen LogP contribution < -0.4 is 0 Å². The number of rotatable bonds is 6. The molecular formula is C14H19NO2. The molecule has 1 atom stereocenters. The van der Waals surface area contributed by atoms with Crippen molar-refractivity contribution in [2.45, 2.75) is 39.0 Å². The number of benzene rings is 1. The Morgan fingerprint density at radius 1 is 1.47 bits per heavy atom. The number of nitrogens with zero attached hydrogens (tertiary/aromatic N) is 1. The number of hydrogen-bond acceptors (Lipinski definition) is 2. The summed E-state index contributed by atoms with van der Waals surface area (Å²) in [4.78, 5) is 10.5. The average Bonchev–Trinajstić information content (AvgIpc) is 2.34. The van der Waals surface area contributed by atoms with Gasteiger partial charge >= 0.3 is 0 Å². The number of allylic oxidation sites excluding steroid dienone is 1. The van der Waals surface area contributed by atoms with Crippen molar-refractivity contribution in [2.24, 2.45) is 0 Å². The fraction of sp³-hybridized carbons (Fsp3) is 0.429. The molecule has 0 amide bonds. The van der Waals surface area contributed by atoms with E-state index in [1.165, 1.54) is 0 Å². The molecule has 1 rings (SSSR count). The molecule has 0 saturated heterocycles. The smallest absolute Gasteiger partial charge is 0.258 e. The molecule has 0 aliphatic heterocycles. The molecule has 0 radical (unpaired) electrons. The summed E-state index contributed by atoms with van der Waals surface area (Å²) in [6.07, 6.45) is 4.86. The molecule has 0 heterocycles. The lowest BCUT2D eigenvalue weighted by molar-refractivity contribution is -0.385. The molecule has 1 aromatic carbocycles. The number of aryl methyl sites for hydroxylation is 1. The van der Waals surface area contributed by atoms with Crippen molar-refractivity contribution in [2.75, 3.05) is 0 Å². The second-order valence-electron chi connectivity index (χ2n) is 4.32. The highest BCUT2D eigenvalue weighted by Crippen LogP contribution is 2.24. The summed E-state index contributed by atoms with van der Waals surface area (Å²) in [7, 11) is 0. The van der Waals surface area contributed by atoms with Crippen molar-refractivity contribution in [1.29, 1.82) is 0 Å². The van der Waals surface area contributed by atoms with E-state index in [2.05, 4.69) is 19.6 Å². The SMILES string of the molecule is C=CC(C)c1cc(CCCC)cc([N+](=O)[O-])c1. The quantitative estimate of drug-likeness (QED) is 0.419. The summed E-state index contributed by atoms with van der Waals surface area (Å²) in [5, 5.41) is 10.9. The third-order valence-corrected chi connectivity index (χ3v) is 2.91. The minimum absolute atomic E-state index is 0.148. The monoisotopic (exact) mass is 233 g/mol. The highest BCUT2D eigenvalue weighted by Gasteiger charge is 2.12. The van der Waals surface area contributed by atoms with Gasteiger partial charge in [-0.2, -0.15) is 0 Å². The molecule has 17 heavy (non-hydrogen) atoms. The zero-order chi connectivity index (χ0) is 12.8. The maximum atomic E-state index is 10.9. The summed E-state index contributed by atoms with van der Waals surface area (Å²) in [6.45, 7) is 7.84. The van der Waals surface area contributed by atoms with Crippen LogP contribution in [0.5, 0.6) is 0 Å². The summed E-state index contributed by atoms with van der Waals surface area (Å²) in [6, 6.07) is 5.37. The van der Waals surface area contributed by atoms with Crippen LogP contribution in [0, 0.1) is 10.1 Å². The maximum Gasteiger partial charge on any atom is 0.269 e. The molecule has 0 saturated carbocycles. The fourth-order valence-electron chi connectivity index (χ4n) is 1.73. The average molecular weight is 233 g/mol. The number of nitro groups is 1. The third kappa shape index (κ3) is 3.70. The Morgan fingerprint density at radius 2 is 2.18 bits per heavy atom. The Bertz CT molecular complexity index is 413. The zero-order valence-electron chi connectivity index (χ0n) is 10.5. The fourth-order valence-corrected chi connectivity index (χ4v) is 1.73. The van der Waals surface area contributed by atoms with Gasteiger partial charge in [0.05, 0.1) is 4.92 Å². The van der Waals surface area contributed by atoms with Crippen LogP contribution >= 0.6 is 0 Å². The minimum atomic E-state index is -0.325. The number of unbranched alkanes of at least 4 members (excludes halogenated alkanes) is 1. The molecule has 1 aromatic rings. The second-order valence-corrected chi connectivity index (χ2v) is 4.32. The number of non-ortho nitro benzene ring substituents is 1. The first kappa shape index (κ1) is 13.4. The molecule has 3 nitrogen and oxygen atoms in total. The van der Waals surface area contributed by atoms with Gasteiger partial charge in [0.2, 0.25) is 0 Å². The van der Waals surface area contributed by atoms with E-state index in [0.717, 1.165) is 30.4 Å². The first-order valence-corrected chi connectivity index (χ1v) is 5.99. The molecule has 0 N–H and O–H groups in total. The Balaban J connectivity index is 3.09. The van der Waals surface area contributed by atoms with Crippen LogP contribution in [-0.4, -0.2) is 4.92 Å². The molecule has 0 fully saturated rings. The van der Waals surface area contributed by atoms with Crippen molar-refractivity contribution >= 4 is 5.69 Å². The molecule has 0 aliphatic rings. The Morgan fingerprint density at radius 3 is 2.71 bits per heavy atom. The van der Waals surface area contributed by atoms with Gasteiger partial charge in [0, 0.05) is 12.1 Å². The first-order chi connectivity index (χ1) is 8.08. The Labute approximate surface area is 102 Å². The van der Waals surface area contributed by atoms with E-state index in [1.54, 1.807) is 12.1 Å². The van der Waals surface area contributed by atoms with Crippen LogP contribution in [0.2, 0.25) is 0 Å². The maximum absolute atomic E-state index is 10.9. The normalized spacial score (nSPS) is 12.1. The van der Waals surface area contributed by atoms with Gasteiger partial charge in [-0.15, -0.1) is 6.58 Å². The van der Waals surface area contributed by atoms with Gasteiger partial charge in [-0.05, 0) is 29.9 Å². The summed E-state index contributed by atoms with van der Waals surface area (Å²) >= 11 is 0. The lowest BCUT2D eigenvalue weighted by Gasteiger charge is -2.09. The van der Waals surface area contributed by atoms with E-state index in [1.807, 2.05) is 13.0 Å². The number of hydrogen-bond donors (Lipinski definition) is 0. The van der Waals surface area contributed by atoms with Gasteiger partial charge in [0.1, 0.15) is 0 Å². The van der Waals surface area contributed by atoms with Gasteiger partial charge < -0.3 is 0 Å². The van der Waals surface area contributed by atoms with Gasteiger partial charge in [-0.25, -0.2) is 0 Å². The molecule has 0 spiro atoms. The van der Waals surface area contributed by atoms with Crippen LogP contribution in [0.25, 0.3) is 0 Å². The van der Waals surface area contributed by atoms with Crippen molar-refractivity contribution in [3.8, 4) is 0 Å². The molecule has 0 aliphatic carbocycles. The first-order valence-electron chi connectivity index (χ1n) is 5.99. The predicted octanol–water partition coefficient (Wildman–Crippen LogP) is 4.23. The van der Waals surface area contributed by atoms with Crippen molar-refractivity contribution in [3.05, 3.63) is 52.1 Å². The minimum Gasteiger partial charge on any atom is -0.258 e. The van der Waals surface area contributed by atoms with Crippen LogP contribution in [0.3, 0.4) is 0 Å². The van der Waals surface area contributed by atoms with Gasteiger partial charge in [-0.3, -0.25) is 10.1 Å². The lowest BCUT2D eigenvalue weighted by atomic mass is 9.96. The van der Waals surface area contributed by atoms with Crippen LogP contribution in [0.1, 0.15) is 43.7 Å². The summed E-state index contributed by atoms with van der Waals surface area (Å²) in [5.41, 5.74) is 2.20. The number of nitro benzene ring substituents is 1. The van der Waals surface area contributed by atoms with E-state index in [9.17, 15) is 10.1 Å². The van der Waals surface area contributed by atoms with E-state index >= 15 is 0 Å². The lowest BCUT2D eigenvalue weighted by Crippen LogP contribution is -1.97. The van der Waals surface area contributed by atoms with Gasteiger partial charge in [-0.1, -0.05) is 32.4 Å². The molecule has 1 unspecified atom stereocenters. The Hall–Kier alpha value is -1.64. The van der Waals surface area contributed by atoms with E-state index in [-0.39, 0.29) is 16.5 Å². The highest BCUT2D eigenvalue weighted by atomic mass is 16.6. The molecule has 3 heteroatoms. The topological polar surface area (TPSA) is 43.1 Å². The predicted molar refractivity (Wildman–Crippen MR) is 70.3 cm³/mol. The van der Waals surface area contributed by atoms with Crippen molar-refractivity contribution in [1.82, 2.24) is 0 Å². The summed E-state index contributed by atoms with van der Waals surface area (Å²) < 4.78 is 0. The second kappa shape index (κ2) is 6.18. The third-order valence-electron chi connectivity index (χ3n) is 2.91. The van der Waals surface area contributed by atoms with Crippen LogP contribution in [-0.2, 0) is 6.42 Å². The van der Waals surface area contributed by atoms with Crippen molar-refractivity contribution in [3.63, 3.8) is 0 Å². The Kier molecular flexibility index (Phi) is 4.88. The van der Waals surface area contributed by atoms with E-state index < -0.39 is 0 Å².